The van der Waals surface area contributed by atoms with Crippen molar-refractivity contribution in [3.63, 3.8) is 0 Å². The number of aliphatic hydroxyl groups is 2. The molecule has 136 heavy (non-hydrogen) atoms. The van der Waals surface area contributed by atoms with Crippen molar-refractivity contribution >= 4 is 112 Å². The third-order valence-electron chi connectivity index (χ3n) is 28.2. The summed E-state index contributed by atoms with van der Waals surface area (Å²) in [4.78, 5) is 223. The summed E-state index contributed by atoms with van der Waals surface area (Å²) >= 11 is 2.54. The number of hydrogen-bond acceptors (Lipinski definition) is 29. The van der Waals surface area contributed by atoms with Crippen molar-refractivity contribution in [2.24, 2.45) is 58.3 Å². The Kier molecular flexibility index (Phi) is 43.3. The second kappa shape index (κ2) is 53.8. The lowest BCUT2D eigenvalue weighted by molar-refractivity contribution is -0.139. The summed E-state index contributed by atoms with van der Waals surface area (Å²) in [5, 5.41) is 100. The van der Waals surface area contributed by atoms with E-state index in [2.05, 4.69) is 117 Å². The van der Waals surface area contributed by atoms with Crippen LogP contribution in [-0.4, -0.2) is 303 Å². The molecule has 0 aromatic heterocycles. The van der Waals surface area contributed by atoms with Gasteiger partial charge < -0.3 is 144 Å². The van der Waals surface area contributed by atoms with E-state index >= 15 is 47.9 Å². The maximum absolute atomic E-state index is 15.9. The van der Waals surface area contributed by atoms with Crippen molar-refractivity contribution in [1.82, 2.24) is 117 Å². The summed E-state index contributed by atoms with van der Waals surface area (Å²) in [5.41, 5.74) is 12.7. The molecule has 8 aliphatic heterocycles. The molecule has 1 saturated carbocycles. The quantitative estimate of drug-likeness (QED) is 0.0415. The highest BCUT2D eigenvalue weighted by Crippen LogP contribution is 2.37. The van der Waals surface area contributed by atoms with Crippen LogP contribution in [0.2, 0.25) is 0 Å². The molecule has 11 unspecified atom stereocenters. The van der Waals surface area contributed by atoms with Gasteiger partial charge in [0.05, 0.1) is 30.7 Å². The zero-order chi connectivity index (χ0) is 98.5. The first-order valence-electron chi connectivity index (χ1n) is 49.2. The molecule has 7 saturated heterocycles. The molecule has 25 atom stereocenters. The number of rotatable bonds is 26. The second-order valence-electron chi connectivity index (χ2n) is 39.7. The van der Waals surface area contributed by atoms with Crippen molar-refractivity contribution in [2.45, 2.75) is 323 Å². The molecule has 8 heterocycles. The van der Waals surface area contributed by atoms with Crippen LogP contribution in [-0.2, 0) is 83.4 Å². The number of amides is 14. The summed E-state index contributed by atoms with van der Waals surface area (Å²) in [6.45, 7) is 15.2. The first-order valence-corrected chi connectivity index (χ1v) is 51.5. The summed E-state index contributed by atoms with van der Waals surface area (Å²) in [6, 6.07) is -12.4. The molecule has 0 spiro atoms. The van der Waals surface area contributed by atoms with E-state index in [9.17, 15) is 39.3 Å². The highest BCUT2D eigenvalue weighted by atomic mass is 32.2. The van der Waals surface area contributed by atoms with E-state index in [4.69, 9.17) is 11.5 Å². The Hall–Kier alpha value is -8.51. The highest BCUT2D eigenvalue weighted by Gasteiger charge is 2.48. The van der Waals surface area contributed by atoms with Gasteiger partial charge in [0.1, 0.15) is 78.5 Å². The molecule has 0 radical (unpaired) electrons. The summed E-state index contributed by atoms with van der Waals surface area (Å²) in [6.07, 6.45) is 3.08. The number of piperidine rings is 3. The minimum absolute atomic E-state index is 0.000651. The molecule has 8 fully saturated rings. The monoisotopic (exact) mass is 1950 g/mol. The van der Waals surface area contributed by atoms with Gasteiger partial charge in [-0.3, -0.25) is 71.9 Å². The van der Waals surface area contributed by atoms with E-state index in [1.54, 1.807) is 34.7 Å². The van der Waals surface area contributed by atoms with Crippen LogP contribution in [0.25, 0.3) is 0 Å². The first kappa shape index (κ1) is 109. The van der Waals surface area contributed by atoms with Gasteiger partial charge in [-0.2, -0.15) is 23.5 Å². The van der Waals surface area contributed by atoms with Gasteiger partial charge in [-0.15, -0.1) is 0 Å². The minimum atomic E-state index is -1.84. The minimum Gasteiger partial charge on any atom is -0.481 e. The zero-order valence-electron chi connectivity index (χ0n) is 80.1. The number of carbonyl (C=O) groups excluding carboxylic acids is 14. The average Bonchev–Trinajstić information content (AvgIpc) is 1.48. The number of carbonyl (C=O) groups is 15. The number of nitrogens with two attached hydrogens (primary N) is 2. The lowest BCUT2D eigenvalue weighted by Crippen LogP contribution is -2.63. The van der Waals surface area contributed by atoms with Crippen LogP contribution in [0.3, 0.4) is 0 Å². The number of carboxylic acid groups (broad SMARTS) is 1. The van der Waals surface area contributed by atoms with E-state index in [1.807, 2.05) is 31.2 Å². The van der Waals surface area contributed by atoms with E-state index in [0.29, 0.717) is 84.5 Å². The fraction of sp³-hybridized carbons (Fsp3) is 0.772. The lowest BCUT2D eigenvalue weighted by Gasteiger charge is -2.35. The number of benzene rings is 1. The molecule has 2 bridgehead atoms. The fourth-order valence-corrected chi connectivity index (χ4v) is 22.6. The Labute approximate surface area is 806 Å². The Morgan fingerprint density at radius 2 is 0.993 bits per heavy atom. The molecule has 9 aliphatic rings. The van der Waals surface area contributed by atoms with Gasteiger partial charge in [0, 0.05) is 68.2 Å². The number of aliphatic carboxylic acids is 1. The van der Waals surface area contributed by atoms with Crippen LogP contribution >= 0.6 is 23.5 Å². The predicted octanol–water partition coefficient (Wildman–Crippen LogP) is -4.54. The molecule has 1 aromatic carbocycles. The Morgan fingerprint density at radius 3 is 1.46 bits per heavy atom. The zero-order valence-corrected chi connectivity index (χ0v) is 81.7. The third kappa shape index (κ3) is 32.8. The maximum Gasteiger partial charge on any atom is 0.303 e. The molecular formula is C92H154N24O18S2. The molecule has 10 rings (SSSR count). The normalized spacial score (nSPS) is 33.3. The average molecular weight is 1950 g/mol. The SMILES string of the molecule is CCC[C@H](NC(C)=O)C(=O)N[C@H]1CSCc2cccc(c2)CSC[C@H](C(N)=O)NC(=O)[C@H](CC(CN)NC)NC(=O)[C@H](CCC)NC(=O)[C@H](CC2CNC3NCCCC23)NC(=O)[C@H](CCC(=O)O)NC(=O)[C@H](CC2CNC3NCCCC23)NC(=O)[C@H](CC2CNC3NCCCC23)NC(=O)[C@H]([C@@H](C)O)NC(=O)[C@H](CC2CNCN2)NC(=O)[C@H](CC2CCC(O)CC2)NC(=O)[C@H](C(C)(C)C)NC1=O. The summed E-state index contributed by atoms with van der Waals surface area (Å²) < 4.78 is 0. The van der Waals surface area contributed by atoms with Crippen LogP contribution in [0.4, 0.5) is 0 Å². The van der Waals surface area contributed by atoms with Crippen LogP contribution in [0.5, 0.6) is 0 Å². The van der Waals surface area contributed by atoms with E-state index < -0.39 is 210 Å². The molecule has 29 N–H and O–H groups in total. The van der Waals surface area contributed by atoms with Gasteiger partial charge >= 0.3 is 5.97 Å². The van der Waals surface area contributed by atoms with E-state index in [-0.39, 0.29) is 141 Å². The number of aliphatic hydroxyl groups excluding tert-OH is 2. The van der Waals surface area contributed by atoms with Gasteiger partial charge in [0.15, 0.2) is 0 Å². The van der Waals surface area contributed by atoms with Gasteiger partial charge in [0.25, 0.3) is 0 Å². The number of likely N-dealkylation sites (N-methyl/N-ethyl adjacent to an activating group) is 1. The van der Waals surface area contributed by atoms with Gasteiger partial charge in [-0.05, 0) is 233 Å². The molecule has 762 valence electrons. The van der Waals surface area contributed by atoms with Gasteiger partial charge in [0.2, 0.25) is 82.7 Å². The van der Waals surface area contributed by atoms with Gasteiger partial charge in [-0.1, -0.05) is 71.7 Å². The molecule has 44 heteroatoms. The van der Waals surface area contributed by atoms with Crippen molar-refractivity contribution in [2.75, 3.05) is 77.6 Å². The van der Waals surface area contributed by atoms with Crippen molar-refractivity contribution in [3.05, 3.63) is 35.4 Å². The van der Waals surface area contributed by atoms with Crippen LogP contribution in [0, 0.1) is 46.8 Å². The molecule has 1 aliphatic carbocycles. The Bertz CT molecular complexity index is 4200. The number of primary amides is 1. The van der Waals surface area contributed by atoms with E-state index in [0.717, 1.165) is 56.2 Å². The maximum atomic E-state index is 15.9. The number of thioether (sulfide) groups is 2. The smallest absolute Gasteiger partial charge is 0.303 e. The van der Waals surface area contributed by atoms with E-state index in [1.165, 1.54) is 37.4 Å². The topological polar surface area (TPSA) is 633 Å². The Balaban J connectivity index is 1.02. The number of nitrogens with one attached hydrogen (secondary N) is 22. The van der Waals surface area contributed by atoms with Crippen LogP contribution in [0.1, 0.15) is 201 Å². The fourth-order valence-electron chi connectivity index (χ4n) is 20.6. The lowest BCUT2D eigenvalue weighted by atomic mass is 9.82. The molecule has 14 amide bonds. The molecule has 1 aromatic rings. The number of carboxylic acids is 1. The summed E-state index contributed by atoms with van der Waals surface area (Å²) in [7, 11) is 1.62. The van der Waals surface area contributed by atoms with Crippen molar-refractivity contribution in [3.8, 4) is 0 Å². The second-order valence-corrected chi connectivity index (χ2v) is 41.8. The first-order chi connectivity index (χ1) is 65.0. The standard InChI is InChI=1S/C92H154N24O18S2/c1-9-15-62(104-49(4)118)80(123)114-72-46-136-44-52-18-11-17-51(31-52)43-135-45-71(76(94)122)113-87(130)69(36-56(38-93)95-8)109-81(124)63(16-10-2)105-84(127)66(33-53-39-100-77-59(53)19-12-28-97-77)107-82(125)64(26-27-73(120)121)106-85(128)67(34-54-40-101-78-60(54)20-13-29-98-78)108-86(129)68(35-55-41-102-79-61(55)21-14-30-99-79)111-90(133)74(48(3)117)115-88(131)70(37-57-42-96-47-103-57)110-83(126)65(32-50-22-24-58(119)25-23-50)112-91(134)75(92(5,6)7)116-89(72)132/h11,17-18,31,48,50,53-72,74-75,77-79,95-103,117,119H,9-10,12-16,19-30,32-47,93H2,1-8H3,(H2,94,122)(H,104,118)(H,105,127)(H,106,128)(H,107,125)(H,108,129)(H,109,124)(H,110,126)(H,111,133)(H,112,134)(H,113,130)(H,114,123)(H,115,131)(H,116,132)(H,120,121)/t48-,50?,53?,54?,55?,56?,57?,58?,59?,60?,61?,62+,63+,64+,65+,66+,67+,68+,69+,70+,71-,72+,74+,75-,77?,78?,79?/m1/s1. The highest BCUT2D eigenvalue weighted by molar-refractivity contribution is 7.98. The van der Waals surface area contributed by atoms with Crippen molar-refractivity contribution < 1.29 is 87.2 Å². The number of hydrogen-bond donors (Lipinski definition) is 27. The Morgan fingerprint density at radius 1 is 0.529 bits per heavy atom. The van der Waals surface area contributed by atoms with Crippen LogP contribution < -0.4 is 128 Å². The van der Waals surface area contributed by atoms with Gasteiger partial charge in [-0.25, -0.2) is 0 Å². The largest absolute Gasteiger partial charge is 0.481 e. The third-order valence-corrected chi connectivity index (χ3v) is 30.4. The molecular weight excluding hydrogens is 1790 g/mol. The van der Waals surface area contributed by atoms with Crippen molar-refractivity contribution in [1.29, 1.82) is 0 Å². The summed E-state index contributed by atoms with van der Waals surface area (Å²) in [5.74, 6) is -13.8. The number of fused-ring (bicyclic) bond motifs is 5. The molecule has 42 nitrogen and oxygen atoms in total. The predicted molar refractivity (Wildman–Crippen MR) is 512 cm³/mol. The van der Waals surface area contributed by atoms with Crippen LogP contribution in [0.15, 0.2) is 24.3 Å².